The monoisotopic (exact) mass is 473 g/mol. The predicted octanol–water partition coefficient (Wildman–Crippen LogP) is 3.41. The van der Waals surface area contributed by atoms with Crippen LogP contribution in [0.25, 0.3) is 11.0 Å². The van der Waals surface area contributed by atoms with Gasteiger partial charge in [-0.15, -0.1) is 5.10 Å². The van der Waals surface area contributed by atoms with Gasteiger partial charge >= 0.3 is 0 Å². The highest BCUT2D eigenvalue weighted by molar-refractivity contribution is 6.34. The number of likely N-dealkylation sites (tertiary alicyclic amines) is 2. The molecule has 1 N–H and O–H groups in total. The lowest BCUT2D eigenvalue weighted by molar-refractivity contribution is -0.137. The summed E-state index contributed by atoms with van der Waals surface area (Å²) >= 11 is 11.9. The van der Waals surface area contributed by atoms with Crippen LogP contribution in [-0.2, 0) is 4.79 Å². The fourth-order valence-electron chi connectivity index (χ4n) is 4.46. The third-order valence-corrected chi connectivity index (χ3v) is 6.72. The summed E-state index contributed by atoms with van der Waals surface area (Å²) in [5.41, 5.74) is 2.19. The van der Waals surface area contributed by atoms with E-state index < -0.39 is 0 Å². The molecule has 3 heterocycles. The predicted molar refractivity (Wildman–Crippen MR) is 120 cm³/mol. The van der Waals surface area contributed by atoms with Gasteiger partial charge in [0.25, 0.3) is 11.8 Å². The molecule has 0 saturated carbocycles. The van der Waals surface area contributed by atoms with Crippen LogP contribution >= 0.6 is 23.2 Å². The number of aromatic nitrogens is 3. The van der Waals surface area contributed by atoms with Crippen molar-refractivity contribution < 1.29 is 14.3 Å². The van der Waals surface area contributed by atoms with E-state index in [1.165, 1.54) is 0 Å². The number of H-pyrrole nitrogens is 1. The molecule has 10 heteroatoms. The average Bonchev–Trinajstić information content (AvgIpc) is 3.23. The highest BCUT2D eigenvalue weighted by atomic mass is 35.5. The van der Waals surface area contributed by atoms with Crippen LogP contribution in [0.2, 0.25) is 10.0 Å². The van der Waals surface area contributed by atoms with E-state index in [9.17, 15) is 9.59 Å². The lowest BCUT2D eigenvalue weighted by Gasteiger charge is -2.54. The maximum Gasteiger partial charge on any atom is 0.260 e. The van der Waals surface area contributed by atoms with E-state index in [1.54, 1.807) is 30.3 Å². The Morgan fingerprint density at radius 1 is 1.03 bits per heavy atom. The summed E-state index contributed by atoms with van der Waals surface area (Å²) in [5.74, 6) is 0.415. The minimum absolute atomic E-state index is 0.00705. The molecule has 1 spiro atoms. The standard InChI is InChI=1S/C22H21Cl2N5O3/c23-15-8-16(24)10-17(9-15)32-11-20(30)28-5-3-22(4-6-28)12-29(13-22)21(31)14-1-2-18-19(7-14)26-27-25-18/h1-2,7-10H,3-6,11-13H2,(H,25,26,27). The van der Waals surface area contributed by atoms with Gasteiger partial charge in [0.2, 0.25) is 0 Å². The smallest absolute Gasteiger partial charge is 0.260 e. The number of rotatable bonds is 4. The van der Waals surface area contributed by atoms with E-state index in [2.05, 4.69) is 15.4 Å². The van der Waals surface area contributed by atoms with E-state index in [4.69, 9.17) is 27.9 Å². The molecule has 0 atom stereocenters. The number of nitrogens with zero attached hydrogens (tertiary/aromatic N) is 4. The van der Waals surface area contributed by atoms with Gasteiger partial charge in [-0.1, -0.05) is 28.4 Å². The van der Waals surface area contributed by atoms with E-state index in [-0.39, 0.29) is 23.8 Å². The summed E-state index contributed by atoms with van der Waals surface area (Å²) < 4.78 is 5.57. The molecule has 2 amide bonds. The topological polar surface area (TPSA) is 91.4 Å². The summed E-state index contributed by atoms with van der Waals surface area (Å²) in [6.45, 7) is 2.68. The van der Waals surface area contributed by atoms with Gasteiger partial charge in [-0.05, 0) is 49.2 Å². The average molecular weight is 474 g/mol. The number of amides is 2. The first kappa shape index (κ1) is 21.0. The molecule has 2 saturated heterocycles. The Morgan fingerprint density at radius 2 is 1.75 bits per heavy atom. The number of benzene rings is 2. The third-order valence-electron chi connectivity index (χ3n) is 6.29. The van der Waals surface area contributed by atoms with Crippen LogP contribution in [-0.4, -0.2) is 69.8 Å². The van der Waals surface area contributed by atoms with Crippen molar-refractivity contribution in [2.75, 3.05) is 32.8 Å². The van der Waals surface area contributed by atoms with Crippen molar-refractivity contribution in [2.24, 2.45) is 5.41 Å². The molecule has 32 heavy (non-hydrogen) atoms. The van der Waals surface area contributed by atoms with Gasteiger partial charge in [0.05, 0.1) is 5.52 Å². The zero-order valence-electron chi connectivity index (χ0n) is 17.2. The molecular formula is C22H21Cl2N5O3. The lowest BCUT2D eigenvalue weighted by Crippen LogP contribution is -2.62. The number of piperidine rings is 1. The highest BCUT2D eigenvalue weighted by Gasteiger charge is 2.47. The number of fused-ring (bicyclic) bond motifs is 1. The maximum atomic E-state index is 12.8. The lowest BCUT2D eigenvalue weighted by atomic mass is 9.71. The summed E-state index contributed by atoms with van der Waals surface area (Å²) in [5, 5.41) is 11.4. The molecule has 0 bridgehead atoms. The molecule has 5 rings (SSSR count). The maximum absolute atomic E-state index is 12.8. The first-order valence-electron chi connectivity index (χ1n) is 10.4. The highest BCUT2D eigenvalue weighted by Crippen LogP contribution is 2.41. The zero-order valence-corrected chi connectivity index (χ0v) is 18.7. The third kappa shape index (κ3) is 4.12. The van der Waals surface area contributed by atoms with Gasteiger partial charge < -0.3 is 14.5 Å². The van der Waals surface area contributed by atoms with Crippen LogP contribution < -0.4 is 4.74 Å². The first-order chi connectivity index (χ1) is 15.4. The second kappa shape index (κ2) is 8.26. The molecule has 0 radical (unpaired) electrons. The van der Waals surface area contributed by atoms with Crippen LogP contribution in [0, 0.1) is 5.41 Å². The number of carbonyl (C=O) groups is 2. The van der Waals surface area contributed by atoms with Crippen LogP contribution in [0.1, 0.15) is 23.2 Å². The second-order valence-electron chi connectivity index (χ2n) is 8.48. The molecule has 8 nitrogen and oxygen atoms in total. The van der Waals surface area contributed by atoms with Crippen molar-refractivity contribution >= 4 is 46.0 Å². The van der Waals surface area contributed by atoms with Crippen LogP contribution in [0.4, 0.5) is 0 Å². The molecule has 1 aromatic heterocycles. The number of hydrogen-bond acceptors (Lipinski definition) is 5. The Kier molecular flexibility index (Phi) is 5.43. The van der Waals surface area contributed by atoms with Crippen molar-refractivity contribution in [1.82, 2.24) is 25.2 Å². The molecular weight excluding hydrogens is 453 g/mol. The normalized spacial score (nSPS) is 17.4. The summed E-state index contributed by atoms with van der Waals surface area (Å²) in [7, 11) is 0. The van der Waals surface area contributed by atoms with Gasteiger partial charge in [0.1, 0.15) is 11.3 Å². The molecule has 166 valence electrons. The number of aromatic amines is 1. The first-order valence-corrected chi connectivity index (χ1v) is 11.1. The molecule has 3 aromatic rings. The fraction of sp³-hybridized carbons (Fsp3) is 0.364. The minimum Gasteiger partial charge on any atom is -0.484 e. The van der Waals surface area contributed by atoms with Crippen molar-refractivity contribution in [1.29, 1.82) is 0 Å². The minimum atomic E-state index is -0.0656. The van der Waals surface area contributed by atoms with Crippen LogP contribution in [0.3, 0.4) is 0 Å². The Balaban J connectivity index is 1.11. The summed E-state index contributed by atoms with van der Waals surface area (Å²) in [6, 6.07) is 10.3. The van der Waals surface area contributed by atoms with E-state index in [0.717, 1.165) is 18.4 Å². The van der Waals surface area contributed by atoms with E-state index in [0.29, 0.717) is 53.1 Å². The summed E-state index contributed by atoms with van der Waals surface area (Å²) in [6.07, 6.45) is 1.74. The zero-order chi connectivity index (χ0) is 22.3. The fourth-order valence-corrected chi connectivity index (χ4v) is 4.97. The summed E-state index contributed by atoms with van der Waals surface area (Å²) in [4.78, 5) is 29.1. The molecule has 2 fully saturated rings. The van der Waals surface area contributed by atoms with E-state index >= 15 is 0 Å². The quantitative estimate of drug-likeness (QED) is 0.626. The number of hydrogen-bond donors (Lipinski definition) is 1. The number of nitrogens with one attached hydrogen (secondary N) is 1. The van der Waals surface area contributed by atoms with Gasteiger partial charge in [-0.3, -0.25) is 14.7 Å². The van der Waals surface area contributed by atoms with Gasteiger partial charge in [-0.25, -0.2) is 0 Å². The molecule has 2 aromatic carbocycles. The van der Waals surface area contributed by atoms with E-state index in [1.807, 2.05) is 15.9 Å². The number of ether oxygens (including phenoxy) is 1. The molecule has 2 aliphatic rings. The SMILES string of the molecule is O=C(COc1cc(Cl)cc(Cl)c1)N1CCC2(CC1)CN(C(=O)c1ccc3[nH]nnc3c1)C2. The molecule has 2 aliphatic heterocycles. The van der Waals surface area contributed by atoms with Crippen LogP contribution in [0.15, 0.2) is 36.4 Å². The van der Waals surface area contributed by atoms with Crippen molar-refractivity contribution in [3.8, 4) is 5.75 Å². The molecule has 0 unspecified atom stereocenters. The van der Waals surface area contributed by atoms with Gasteiger partial charge in [0, 0.05) is 47.2 Å². The van der Waals surface area contributed by atoms with Crippen molar-refractivity contribution in [2.45, 2.75) is 12.8 Å². The Morgan fingerprint density at radius 3 is 2.47 bits per heavy atom. The second-order valence-corrected chi connectivity index (χ2v) is 9.35. The van der Waals surface area contributed by atoms with Crippen molar-refractivity contribution in [3.63, 3.8) is 0 Å². The number of halogens is 2. The largest absolute Gasteiger partial charge is 0.484 e. The number of carbonyl (C=O) groups excluding carboxylic acids is 2. The van der Waals surface area contributed by atoms with Gasteiger partial charge in [0.15, 0.2) is 6.61 Å². The Hall–Kier alpha value is -2.84. The Labute approximate surface area is 194 Å². The van der Waals surface area contributed by atoms with Crippen molar-refractivity contribution in [3.05, 3.63) is 52.0 Å². The van der Waals surface area contributed by atoms with Gasteiger partial charge in [-0.2, -0.15) is 0 Å². The Bertz CT molecular complexity index is 1160. The molecule has 0 aliphatic carbocycles. The van der Waals surface area contributed by atoms with Crippen LogP contribution in [0.5, 0.6) is 5.75 Å².